The molecule has 3 aromatic rings. The number of amides is 2. The minimum Gasteiger partial charge on any atom is -0.490 e. The summed E-state index contributed by atoms with van der Waals surface area (Å²) in [6.45, 7) is 12.5. The third-order valence-electron chi connectivity index (χ3n) is 8.34. The zero-order valence-corrected chi connectivity index (χ0v) is 29.0. The summed E-state index contributed by atoms with van der Waals surface area (Å²) in [4.78, 5) is 40.1. The topological polar surface area (TPSA) is 121 Å². The van der Waals surface area contributed by atoms with Crippen LogP contribution in [-0.2, 0) is 16.1 Å². The summed E-state index contributed by atoms with van der Waals surface area (Å²) >= 11 is 6.20. The van der Waals surface area contributed by atoms with Gasteiger partial charge in [0.2, 0.25) is 5.91 Å². The summed E-state index contributed by atoms with van der Waals surface area (Å²) in [5, 5.41) is 6.94. The van der Waals surface area contributed by atoms with Crippen molar-refractivity contribution in [2.24, 2.45) is 0 Å². The first-order chi connectivity index (χ1) is 22.9. The van der Waals surface area contributed by atoms with Crippen molar-refractivity contribution in [1.29, 1.82) is 0 Å². The molecule has 2 N–H and O–H groups in total. The van der Waals surface area contributed by atoms with Crippen LogP contribution in [0.25, 0.3) is 10.9 Å². The highest BCUT2D eigenvalue weighted by molar-refractivity contribution is 6.31. The van der Waals surface area contributed by atoms with Gasteiger partial charge in [-0.2, -0.15) is 0 Å². The third-order valence-corrected chi connectivity index (χ3v) is 8.63. The van der Waals surface area contributed by atoms with Crippen LogP contribution < -0.4 is 20.1 Å². The molecule has 1 saturated heterocycles. The molecule has 0 unspecified atom stereocenters. The lowest BCUT2D eigenvalue weighted by Crippen LogP contribution is -2.50. The van der Waals surface area contributed by atoms with Gasteiger partial charge in [0.1, 0.15) is 23.6 Å². The van der Waals surface area contributed by atoms with Gasteiger partial charge in [0.15, 0.2) is 11.5 Å². The van der Waals surface area contributed by atoms with E-state index in [0.29, 0.717) is 85.3 Å². The first-order valence-corrected chi connectivity index (χ1v) is 16.7. The lowest BCUT2D eigenvalue weighted by atomic mass is 10.1. The van der Waals surface area contributed by atoms with Gasteiger partial charge in [-0.15, -0.1) is 0 Å². The van der Waals surface area contributed by atoms with Crippen molar-refractivity contribution in [2.75, 3.05) is 64.8 Å². The Hall–Kier alpha value is -3.94. The quantitative estimate of drug-likeness (QED) is 0.347. The Balaban J connectivity index is 1.31. The van der Waals surface area contributed by atoms with E-state index in [-0.39, 0.29) is 17.0 Å². The molecule has 1 fully saturated rings. The van der Waals surface area contributed by atoms with E-state index in [9.17, 15) is 14.0 Å². The van der Waals surface area contributed by atoms with Crippen LogP contribution in [0.3, 0.4) is 0 Å². The maximum absolute atomic E-state index is 14.6. The molecular weight excluding hydrogens is 641 g/mol. The van der Waals surface area contributed by atoms with Gasteiger partial charge in [-0.25, -0.2) is 19.2 Å². The molecule has 0 radical (unpaired) electrons. The van der Waals surface area contributed by atoms with Gasteiger partial charge in [0, 0.05) is 63.0 Å². The Morgan fingerprint density at radius 3 is 2.67 bits per heavy atom. The highest BCUT2D eigenvalue weighted by Crippen LogP contribution is 2.36. The van der Waals surface area contributed by atoms with Crippen LogP contribution in [0.5, 0.6) is 11.5 Å². The Labute approximate surface area is 285 Å². The van der Waals surface area contributed by atoms with E-state index in [1.807, 2.05) is 44.9 Å². The van der Waals surface area contributed by atoms with E-state index < -0.39 is 17.5 Å². The van der Waals surface area contributed by atoms with Crippen LogP contribution >= 0.6 is 11.6 Å². The Morgan fingerprint density at radius 2 is 1.92 bits per heavy atom. The lowest BCUT2D eigenvalue weighted by Gasteiger charge is -2.35. The minimum absolute atomic E-state index is 0.0351. The molecule has 2 aromatic carbocycles. The van der Waals surface area contributed by atoms with Gasteiger partial charge in [0.25, 0.3) is 0 Å². The van der Waals surface area contributed by atoms with E-state index >= 15 is 0 Å². The van der Waals surface area contributed by atoms with Crippen molar-refractivity contribution in [3.63, 3.8) is 0 Å². The number of piperazine rings is 1. The predicted molar refractivity (Wildman–Crippen MR) is 183 cm³/mol. The highest BCUT2D eigenvalue weighted by Gasteiger charge is 2.26. The van der Waals surface area contributed by atoms with E-state index in [0.717, 1.165) is 26.1 Å². The normalized spacial score (nSPS) is 18.5. The largest absolute Gasteiger partial charge is 0.490 e. The molecule has 0 aliphatic carbocycles. The fourth-order valence-corrected chi connectivity index (χ4v) is 5.69. The Kier molecular flexibility index (Phi) is 11.4. The SMILES string of the molecule is C[C@H]1C(=O)NCCCOc2cc3c(ncnc3cc2OCCCN2CCN(C(=O)OC(C)(C)C)CC2)Nc2cc(Cl)c(F)cc2CN1C. The van der Waals surface area contributed by atoms with Gasteiger partial charge in [-0.05, 0) is 71.3 Å². The summed E-state index contributed by atoms with van der Waals surface area (Å²) in [6.07, 6.45) is 2.53. The maximum Gasteiger partial charge on any atom is 0.410 e. The fourth-order valence-electron chi connectivity index (χ4n) is 5.52. The van der Waals surface area contributed by atoms with Crippen molar-refractivity contribution in [2.45, 2.75) is 58.7 Å². The van der Waals surface area contributed by atoms with Crippen molar-refractivity contribution in [3.05, 3.63) is 47.0 Å². The number of hydrogen-bond donors (Lipinski definition) is 2. The molecule has 2 amide bonds. The van der Waals surface area contributed by atoms with E-state index in [1.54, 1.807) is 11.8 Å². The van der Waals surface area contributed by atoms with Gasteiger partial charge in [0.05, 0.1) is 29.8 Å². The minimum atomic E-state index is -0.551. The van der Waals surface area contributed by atoms with Crippen LogP contribution in [0, 0.1) is 5.82 Å². The van der Waals surface area contributed by atoms with Crippen molar-refractivity contribution < 1.29 is 28.2 Å². The third kappa shape index (κ3) is 9.14. The van der Waals surface area contributed by atoms with Crippen LogP contribution in [-0.4, -0.2) is 108 Å². The molecule has 1 atom stereocenters. The summed E-state index contributed by atoms with van der Waals surface area (Å²) in [5.41, 5.74) is 1.30. The summed E-state index contributed by atoms with van der Waals surface area (Å²) in [7, 11) is 1.81. The molecule has 260 valence electrons. The lowest BCUT2D eigenvalue weighted by molar-refractivity contribution is -0.125. The molecule has 2 aliphatic heterocycles. The number of rotatable bonds is 5. The van der Waals surface area contributed by atoms with Crippen molar-refractivity contribution in [3.8, 4) is 11.5 Å². The number of aromatic nitrogens is 2. The summed E-state index contributed by atoms with van der Waals surface area (Å²) < 4.78 is 32.6. The maximum atomic E-state index is 14.6. The van der Waals surface area contributed by atoms with Gasteiger partial charge < -0.3 is 29.7 Å². The summed E-state index contributed by atoms with van der Waals surface area (Å²) in [6, 6.07) is 6.11. The number of halogens is 2. The summed E-state index contributed by atoms with van der Waals surface area (Å²) in [5.74, 6) is 0.878. The number of hydrogen-bond acceptors (Lipinski definition) is 10. The van der Waals surface area contributed by atoms with Crippen molar-refractivity contribution >= 4 is 46.0 Å². The number of benzene rings is 2. The molecule has 3 heterocycles. The molecule has 1 aromatic heterocycles. The number of nitrogens with one attached hydrogen (secondary N) is 2. The Bertz CT molecular complexity index is 1610. The zero-order valence-electron chi connectivity index (χ0n) is 28.3. The second-order valence-corrected chi connectivity index (χ2v) is 13.6. The highest BCUT2D eigenvalue weighted by atomic mass is 35.5. The standard InChI is InChI=1S/C34H45ClFN7O5/c1-22-32(44)37-8-6-14-46-29-17-24-28(38-21-39-31(24)40-27-18-25(35)26(36)16-23(27)20-41(22)5)19-30(29)47-15-7-9-42-10-12-43(13-11-42)33(45)48-34(2,3)4/h16-19,21-22H,6-15,20H2,1-5H3,(H,37,44)(H,38,39,40)/t22-/m0/s1. The number of nitrogens with zero attached hydrogens (tertiary/aromatic N) is 5. The second-order valence-electron chi connectivity index (χ2n) is 13.2. The van der Waals surface area contributed by atoms with Gasteiger partial charge in [-0.1, -0.05) is 11.6 Å². The number of fused-ring (bicyclic) bond motifs is 2. The molecule has 12 nitrogen and oxygen atoms in total. The second kappa shape index (κ2) is 15.5. The number of ether oxygens (including phenoxy) is 3. The fraction of sp³-hybridized carbons (Fsp3) is 0.529. The Morgan fingerprint density at radius 1 is 1.15 bits per heavy atom. The number of anilines is 2. The number of likely N-dealkylation sites (N-methyl/N-ethyl adjacent to an activating group) is 1. The van der Waals surface area contributed by atoms with E-state index in [1.165, 1.54) is 18.5 Å². The van der Waals surface area contributed by atoms with Crippen LogP contribution in [0.15, 0.2) is 30.6 Å². The first-order valence-electron chi connectivity index (χ1n) is 16.4. The molecule has 2 bridgehead atoms. The molecule has 0 spiro atoms. The molecule has 5 rings (SSSR count). The van der Waals surface area contributed by atoms with Gasteiger partial charge in [-0.3, -0.25) is 14.6 Å². The number of carbonyl (C=O) groups is 2. The molecule has 2 aliphatic rings. The smallest absolute Gasteiger partial charge is 0.410 e. The molecular formula is C34H45ClFN7O5. The van der Waals surface area contributed by atoms with E-state index in [4.69, 9.17) is 25.8 Å². The van der Waals surface area contributed by atoms with Crippen LogP contribution in [0.2, 0.25) is 5.02 Å². The molecule has 0 saturated carbocycles. The monoisotopic (exact) mass is 685 g/mol. The van der Waals surface area contributed by atoms with Crippen molar-refractivity contribution in [1.82, 2.24) is 30.0 Å². The average Bonchev–Trinajstić information content (AvgIpc) is 3.04. The molecule has 48 heavy (non-hydrogen) atoms. The van der Waals surface area contributed by atoms with Crippen LogP contribution in [0.4, 0.5) is 20.7 Å². The number of carbonyl (C=O) groups excluding carboxylic acids is 2. The molecule has 14 heteroatoms. The first kappa shape index (κ1) is 35.4. The van der Waals surface area contributed by atoms with Gasteiger partial charge >= 0.3 is 6.09 Å². The van der Waals surface area contributed by atoms with E-state index in [2.05, 4.69) is 25.5 Å². The predicted octanol–water partition coefficient (Wildman–Crippen LogP) is 5.21. The zero-order chi connectivity index (χ0) is 34.4. The van der Waals surface area contributed by atoms with Crippen LogP contribution in [0.1, 0.15) is 46.1 Å². The average molecular weight is 686 g/mol.